The van der Waals surface area contributed by atoms with E-state index in [4.69, 9.17) is 11.6 Å². The number of carbonyl (C=O) groups excluding carboxylic acids is 1. The second kappa shape index (κ2) is 3.90. The number of rotatable bonds is 1. The molecule has 11 heavy (non-hydrogen) atoms. The lowest BCUT2D eigenvalue weighted by atomic mass is 9.97. The summed E-state index contributed by atoms with van der Waals surface area (Å²) in [6, 6.07) is 0. The first-order valence-corrected chi connectivity index (χ1v) is 4.12. The van der Waals surface area contributed by atoms with Gasteiger partial charge in [0.25, 0.3) is 0 Å². The van der Waals surface area contributed by atoms with Gasteiger partial charge in [-0.15, -0.1) is 16.0 Å². The third-order valence-corrected chi connectivity index (χ3v) is 2.30. The number of halogens is 2. The fourth-order valence-electron chi connectivity index (χ4n) is 1.27. The molecule has 0 radical (unpaired) electrons. The lowest BCUT2D eigenvalue weighted by Crippen LogP contribution is -2.22. The molecule has 1 saturated carbocycles. The molecule has 2 nitrogen and oxygen atoms in total. The summed E-state index contributed by atoms with van der Waals surface area (Å²) in [4.78, 5) is 9.87. The average Bonchev–Trinajstić information content (AvgIpc) is 1.93. The van der Waals surface area contributed by atoms with Gasteiger partial charge in [0.15, 0.2) is 0 Å². The average molecular weight is 181 g/mol. The van der Waals surface area contributed by atoms with Gasteiger partial charge in [-0.3, -0.25) is 0 Å². The van der Waals surface area contributed by atoms with Gasteiger partial charge in [-0.2, -0.15) is 0 Å². The van der Waals surface area contributed by atoms with Crippen molar-refractivity contribution in [3.8, 4) is 0 Å². The van der Waals surface area contributed by atoms with Gasteiger partial charge < -0.3 is 4.74 Å². The van der Waals surface area contributed by atoms with E-state index in [1.807, 2.05) is 0 Å². The zero-order valence-corrected chi connectivity index (χ0v) is 6.81. The summed E-state index contributed by atoms with van der Waals surface area (Å²) in [6.07, 6.45) is 1.05. The molecule has 1 aliphatic carbocycles. The molecule has 0 heterocycles. The van der Waals surface area contributed by atoms with Crippen molar-refractivity contribution >= 4 is 17.8 Å². The summed E-state index contributed by atoms with van der Waals surface area (Å²) < 4.78 is 16.1. The minimum Gasteiger partial charge on any atom is -0.437 e. The van der Waals surface area contributed by atoms with E-state index in [0.29, 0.717) is 12.8 Å². The minimum absolute atomic E-state index is 0.171. The number of hydrogen-bond donors (Lipinski definition) is 0. The molecular formula is C7H10ClFO2. The zero-order valence-electron chi connectivity index (χ0n) is 6.06. The fourth-order valence-corrected chi connectivity index (χ4v) is 1.52. The third kappa shape index (κ3) is 3.06. The van der Waals surface area contributed by atoms with Crippen LogP contribution in [0.5, 0.6) is 0 Å². The van der Waals surface area contributed by atoms with Crippen molar-refractivity contribution in [3.05, 3.63) is 0 Å². The predicted octanol–water partition coefficient (Wildman–Crippen LogP) is 2.64. The summed E-state index contributed by atoms with van der Waals surface area (Å²) in [5.74, 6) is 0. The number of alkyl halides is 1. The molecule has 0 bridgehead atoms. The van der Waals surface area contributed by atoms with Crippen molar-refractivity contribution in [1.29, 1.82) is 0 Å². The number of hydrogen-bond acceptors (Lipinski definition) is 2. The highest BCUT2D eigenvalue weighted by Gasteiger charge is 2.22. The monoisotopic (exact) mass is 180 g/mol. The van der Waals surface area contributed by atoms with Crippen molar-refractivity contribution in [3.63, 3.8) is 0 Å². The van der Waals surface area contributed by atoms with E-state index in [1.54, 1.807) is 0 Å². The Kier molecular flexibility index (Phi) is 3.12. The summed E-state index contributed by atoms with van der Waals surface area (Å²) >= 11 is 5.78. The largest absolute Gasteiger partial charge is 0.495 e. The highest BCUT2D eigenvalue weighted by Crippen LogP contribution is 2.24. The van der Waals surface area contributed by atoms with E-state index in [1.165, 1.54) is 0 Å². The van der Waals surface area contributed by atoms with E-state index >= 15 is 0 Å². The van der Waals surface area contributed by atoms with Crippen LogP contribution in [0.1, 0.15) is 25.7 Å². The normalized spacial score (nSPS) is 31.5. The standard InChI is InChI=1S/C7H10ClFO2/c8-5-1-3-6(4-2-5)11-7(9)10/h5-6H,1-4H2. The molecule has 0 aromatic heterocycles. The van der Waals surface area contributed by atoms with Crippen LogP contribution in [0.25, 0.3) is 0 Å². The number of carbonyl (C=O) groups is 1. The van der Waals surface area contributed by atoms with E-state index < -0.39 is 6.22 Å². The van der Waals surface area contributed by atoms with Crippen LogP contribution < -0.4 is 0 Å². The quantitative estimate of drug-likeness (QED) is 0.458. The Bertz CT molecular complexity index is 143. The van der Waals surface area contributed by atoms with Crippen LogP contribution in [0.3, 0.4) is 0 Å². The van der Waals surface area contributed by atoms with Crippen LogP contribution in [0.4, 0.5) is 9.18 Å². The molecular weight excluding hydrogens is 171 g/mol. The highest BCUT2D eigenvalue weighted by atomic mass is 35.5. The molecule has 1 fully saturated rings. The summed E-state index contributed by atoms with van der Waals surface area (Å²) in [5.41, 5.74) is 0. The Morgan fingerprint density at radius 3 is 2.36 bits per heavy atom. The first-order valence-electron chi connectivity index (χ1n) is 3.68. The summed E-state index contributed by atoms with van der Waals surface area (Å²) in [5, 5.41) is 0.171. The molecule has 64 valence electrons. The second-order valence-electron chi connectivity index (χ2n) is 2.73. The molecule has 0 saturated heterocycles. The Hall–Kier alpha value is -0.310. The minimum atomic E-state index is -1.68. The zero-order chi connectivity index (χ0) is 8.27. The maximum atomic E-state index is 11.7. The molecule has 0 aromatic carbocycles. The lowest BCUT2D eigenvalue weighted by Gasteiger charge is -2.23. The van der Waals surface area contributed by atoms with Gasteiger partial charge in [-0.05, 0) is 25.7 Å². The van der Waals surface area contributed by atoms with Gasteiger partial charge in [-0.25, -0.2) is 4.79 Å². The third-order valence-electron chi connectivity index (χ3n) is 1.86. The van der Waals surface area contributed by atoms with Crippen LogP contribution in [0.2, 0.25) is 0 Å². The van der Waals surface area contributed by atoms with Crippen molar-refractivity contribution in [2.75, 3.05) is 0 Å². The topological polar surface area (TPSA) is 26.3 Å². The van der Waals surface area contributed by atoms with Crippen molar-refractivity contribution in [2.24, 2.45) is 0 Å². The predicted molar refractivity (Wildman–Crippen MR) is 39.5 cm³/mol. The fraction of sp³-hybridized carbons (Fsp3) is 0.857. The molecule has 0 spiro atoms. The molecule has 0 unspecified atom stereocenters. The molecule has 0 aromatic rings. The highest BCUT2D eigenvalue weighted by molar-refractivity contribution is 6.20. The molecule has 0 amide bonds. The first kappa shape index (κ1) is 8.78. The van der Waals surface area contributed by atoms with Gasteiger partial charge in [0.05, 0.1) is 0 Å². The Morgan fingerprint density at radius 1 is 1.36 bits per heavy atom. The Balaban J connectivity index is 2.22. The Morgan fingerprint density at radius 2 is 1.91 bits per heavy atom. The Labute approximate surface area is 69.7 Å². The molecule has 1 rings (SSSR count). The summed E-state index contributed by atoms with van der Waals surface area (Å²) in [7, 11) is 0. The van der Waals surface area contributed by atoms with E-state index in [0.717, 1.165) is 12.8 Å². The molecule has 1 aliphatic rings. The van der Waals surface area contributed by atoms with Crippen LogP contribution in [0.15, 0.2) is 0 Å². The molecule has 4 heteroatoms. The molecule has 0 aliphatic heterocycles. The van der Waals surface area contributed by atoms with Crippen LogP contribution >= 0.6 is 11.6 Å². The van der Waals surface area contributed by atoms with E-state index in [9.17, 15) is 9.18 Å². The van der Waals surface area contributed by atoms with Gasteiger partial charge in [0, 0.05) is 5.38 Å². The van der Waals surface area contributed by atoms with Crippen LogP contribution in [-0.2, 0) is 4.74 Å². The van der Waals surface area contributed by atoms with Gasteiger partial charge in [0.1, 0.15) is 6.10 Å². The van der Waals surface area contributed by atoms with Crippen molar-refractivity contribution in [2.45, 2.75) is 37.2 Å². The van der Waals surface area contributed by atoms with E-state index in [2.05, 4.69) is 4.74 Å². The smallest absolute Gasteiger partial charge is 0.437 e. The summed E-state index contributed by atoms with van der Waals surface area (Å²) in [6.45, 7) is 0. The van der Waals surface area contributed by atoms with Crippen molar-refractivity contribution < 1.29 is 13.9 Å². The SMILES string of the molecule is O=C(F)OC1CCC(Cl)CC1. The maximum absolute atomic E-state index is 11.7. The number of ether oxygens (including phenoxy) is 1. The van der Waals surface area contributed by atoms with Gasteiger partial charge in [0.2, 0.25) is 0 Å². The maximum Gasteiger partial charge on any atom is 0.495 e. The lowest BCUT2D eigenvalue weighted by molar-refractivity contribution is 0.0572. The second-order valence-corrected chi connectivity index (χ2v) is 3.35. The van der Waals surface area contributed by atoms with Gasteiger partial charge >= 0.3 is 6.22 Å². The van der Waals surface area contributed by atoms with E-state index in [-0.39, 0.29) is 11.5 Å². The van der Waals surface area contributed by atoms with Crippen LogP contribution in [0, 0.1) is 0 Å². The van der Waals surface area contributed by atoms with Crippen LogP contribution in [-0.4, -0.2) is 17.7 Å². The molecule has 0 atom stereocenters. The molecule has 0 N–H and O–H groups in total. The first-order chi connectivity index (χ1) is 5.18. The van der Waals surface area contributed by atoms with Crippen molar-refractivity contribution in [1.82, 2.24) is 0 Å². The van der Waals surface area contributed by atoms with Gasteiger partial charge in [-0.1, -0.05) is 0 Å².